The van der Waals surface area contributed by atoms with Crippen molar-refractivity contribution >= 4 is 25.7 Å². The minimum Gasteiger partial charge on any atom is -0.480 e. The molecule has 0 rings (SSSR count). The molecule has 0 saturated carbocycles. The Kier molecular flexibility index (Phi) is 28.8. The maximum Gasteiger partial charge on any atom is 0.472 e. The van der Waals surface area contributed by atoms with Crippen LogP contribution in [0.3, 0.4) is 0 Å². The zero-order valence-electron chi connectivity index (χ0n) is 28.2. The quantitative estimate of drug-likeness (QED) is 0.0352. The lowest BCUT2D eigenvalue weighted by atomic mass is 10.0. The Morgan fingerprint density at radius 3 is 1.40 bits per heavy atom. The number of nitrogens with two attached hydrogens (primary N) is 1. The van der Waals surface area contributed by atoms with E-state index in [-0.39, 0.29) is 19.4 Å². The van der Waals surface area contributed by atoms with Crippen LogP contribution in [0.15, 0.2) is 0 Å². The van der Waals surface area contributed by atoms with E-state index in [2.05, 4.69) is 18.4 Å². The van der Waals surface area contributed by atoms with Crippen molar-refractivity contribution in [1.29, 1.82) is 0 Å². The molecule has 1 unspecified atom stereocenters. The highest BCUT2D eigenvalue weighted by atomic mass is 31.2. The second-order valence-electron chi connectivity index (χ2n) is 12.0. The maximum atomic E-state index is 12.5. The lowest BCUT2D eigenvalue weighted by molar-refractivity contribution is -0.161. The molecule has 0 fully saturated rings. The number of ether oxygens (including phenoxy) is 2. The van der Waals surface area contributed by atoms with E-state index in [4.69, 9.17) is 24.8 Å². The van der Waals surface area contributed by atoms with Crippen LogP contribution in [0.1, 0.15) is 162 Å². The van der Waals surface area contributed by atoms with Crippen LogP contribution in [-0.4, -0.2) is 59.9 Å². The van der Waals surface area contributed by atoms with Crippen molar-refractivity contribution in [2.24, 2.45) is 5.73 Å². The first-order valence-corrected chi connectivity index (χ1v) is 19.1. The monoisotopic (exact) mass is 665 g/mol. The summed E-state index contributed by atoms with van der Waals surface area (Å²) < 4.78 is 32.4. The van der Waals surface area contributed by atoms with Gasteiger partial charge in [-0.2, -0.15) is 0 Å². The lowest BCUT2D eigenvalue weighted by Gasteiger charge is -2.20. The summed E-state index contributed by atoms with van der Waals surface area (Å²) in [5, 5.41) is 8.82. The molecule has 0 aliphatic rings. The molecule has 0 aliphatic carbocycles. The number of esters is 2. The van der Waals surface area contributed by atoms with Gasteiger partial charge in [0.15, 0.2) is 6.10 Å². The van der Waals surface area contributed by atoms with Crippen molar-refractivity contribution < 1.29 is 47.5 Å². The highest BCUT2D eigenvalue weighted by Crippen LogP contribution is 2.43. The Balaban J connectivity index is 4.47. The number of phosphoric ester groups is 1. The Labute approximate surface area is 272 Å². The van der Waals surface area contributed by atoms with Crippen LogP contribution in [-0.2, 0) is 37.5 Å². The van der Waals surface area contributed by atoms with Crippen LogP contribution in [0.2, 0.25) is 0 Å². The second-order valence-corrected chi connectivity index (χ2v) is 13.5. The molecule has 12 heteroatoms. The predicted octanol–water partition coefficient (Wildman–Crippen LogP) is 8.00. The van der Waals surface area contributed by atoms with Gasteiger partial charge in [-0.15, -0.1) is 0 Å². The third kappa shape index (κ3) is 29.6. The summed E-state index contributed by atoms with van der Waals surface area (Å²) in [6.45, 7) is 2.75. The van der Waals surface area contributed by atoms with Gasteiger partial charge in [0.1, 0.15) is 12.6 Å². The van der Waals surface area contributed by atoms with Gasteiger partial charge in [-0.3, -0.25) is 23.4 Å². The van der Waals surface area contributed by atoms with E-state index in [1.807, 2.05) is 0 Å². The topological polar surface area (TPSA) is 172 Å². The molecule has 0 aliphatic heterocycles. The van der Waals surface area contributed by atoms with Crippen molar-refractivity contribution in [3.63, 3.8) is 0 Å². The Hall–Kier alpha value is -1.52. The average molecular weight is 666 g/mol. The number of aliphatic carboxylic acids is 1. The van der Waals surface area contributed by atoms with Crippen molar-refractivity contribution in [2.45, 2.75) is 174 Å². The highest BCUT2D eigenvalue weighted by molar-refractivity contribution is 7.47. The molecule has 11 nitrogen and oxygen atoms in total. The van der Waals surface area contributed by atoms with Crippen molar-refractivity contribution in [3.8, 4) is 0 Å². The molecule has 0 amide bonds. The first-order chi connectivity index (χ1) is 21.6. The minimum atomic E-state index is -4.69. The van der Waals surface area contributed by atoms with Gasteiger partial charge in [0.05, 0.1) is 13.2 Å². The van der Waals surface area contributed by atoms with Crippen LogP contribution in [0.5, 0.6) is 0 Å². The number of phosphoric acid groups is 1. The van der Waals surface area contributed by atoms with E-state index >= 15 is 0 Å². The molecule has 0 spiro atoms. The number of carboxylic acid groups (broad SMARTS) is 1. The molecule has 0 heterocycles. The van der Waals surface area contributed by atoms with Crippen LogP contribution < -0.4 is 5.73 Å². The zero-order valence-corrected chi connectivity index (χ0v) is 29.1. The number of carbonyl (C=O) groups is 3. The third-order valence-corrected chi connectivity index (χ3v) is 8.56. The van der Waals surface area contributed by atoms with Gasteiger partial charge < -0.3 is 25.2 Å². The van der Waals surface area contributed by atoms with Gasteiger partial charge >= 0.3 is 25.7 Å². The number of unbranched alkanes of at least 4 members (excludes halogenated alkanes) is 19. The van der Waals surface area contributed by atoms with Gasteiger partial charge in [0.25, 0.3) is 0 Å². The number of rotatable bonds is 33. The smallest absolute Gasteiger partial charge is 0.472 e. The van der Waals surface area contributed by atoms with Crippen molar-refractivity contribution in [2.75, 3.05) is 19.8 Å². The molecule has 0 aromatic carbocycles. The van der Waals surface area contributed by atoms with Gasteiger partial charge in [0, 0.05) is 12.8 Å². The van der Waals surface area contributed by atoms with Gasteiger partial charge in [0.2, 0.25) is 0 Å². The fraction of sp³-hybridized carbons (Fsp3) is 0.909. The Morgan fingerprint density at radius 1 is 0.600 bits per heavy atom. The van der Waals surface area contributed by atoms with E-state index in [0.717, 1.165) is 38.5 Å². The normalized spacial score (nSPS) is 14.0. The molecule has 0 aromatic heterocycles. The van der Waals surface area contributed by atoms with E-state index in [1.54, 1.807) is 0 Å². The van der Waals surface area contributed by atoms with Crippen LogP contribution in [0.4, 0.5) is 0 Å². The molecule has 266 valence electrons. The molecule has 45 heavy (non-hydrogen) atoms. The number of hydrogen-bond acceptors (Lipinski definition) is 9. The number of hydrogen-bond donors (Lipinski definition) is 3. The molecule has 0 saturated heterocycles. The summed E-state index contributed by atoms with van der Waals surface area (Å²) in [7, 11) is -4.69. The SMILES string of the molecule is CCCCCCCCCCCCCCC(=O)O[C@H](COC(=O)CCCCCCCCCCC)COP(=O)(O)OC[C@H](N)C(=O)O. The maximum absolute atomic E-state index is 12.5. The van der Waals surface area contributed by atoms with Crippen LogP contribution in [0.25, 0.3) is 0 Å². The molecular formula is C33H64NO10P. The van der Waals surface area contributed by atoms with Gasteiger partial charge in [-0.05, 0) is 12.8 Å². The zero-order chi connectivity index (χ0) is 33.6. The first kappa shape index (κ1) is 43.5. The minimum absolute atomic E-state index is 0.168. The first-order valence-electron chi connectivity index (χ1n) is 17.6. The highest BCUT2D eigenvalue weighted by Gasteiger charge is 2.28. The van der Waals surface area contributed by atoms with Crippen LogP contribution in [0, 0.1) is 0 Å². The fourth-order valence-electron chi connectivity index (χ4n) is 4.77. The lowest BCUT2D eigenvalue weighted by Crippen LogP contribution is -2.34. The molecule has 4 N–H and O–H groups in total. The van der Waals surface area contributed by atoms with Gasteiger partial charge in [-0.25, -0.2) is 4.57 Å². The van der Waals surface area contributed by atoms with E-state index in [1.165, 1.54) is 83.5 Å². The van der Waals surface area contributed by atoms with Crippen molar-refractivity contribution in [1.82, 2.24) is 0 Å². The summed E-state index contributed by atoms with van der Waals surface area (Å²) in [6, 6.07) is -1.51. The van der Waals surface area contributed by atoms with Gasteiger partial charge in [-0.1, -0.05) is 136 Å². The van der Waals surface area contributed by atoms with E-state index < -0.39 is 51.1 Å². The second kappa shape index (κ2) is 29.9. The molecule has 0 radical (unpaired) electrons. The molecule has 0 aromatic rings. The van der Waals surface area contributed by atoms with E-state index in [0.29, 0.717) is 12.8 Å². The summed E-state index contributed by atoms with van der Waals surface area (Å²) in [6.07, 6.45) is 23.3. The Morgan fingerprint density at radius 2 is 0.978 bits per heavy atom. The van der Waals surface area contributed by atoms with E-state index in [9.17, 15) is 23.8 Å². The summed E-state index contributed by atoms with van der Waals surface area (Å²) >= 11 is 0. The standard InChI is InChI=1S/C33H64NO10P/c1-3-5-7-9-11-13-14-15-17-19-21-23-25-32(36)44-29(27-42-45(39,40)43-28-30(34)33(37)38)26-41-31(35)24-22-20-18-16-12-10-8-6-4-2/h29-30H,3-28,34H2,1-2H3,(H,37,38)(H,39,40)/t29-,30+/m1/s1. The van der Waals surface area contributed by atoms with Crippen molar-refractivity contribution in [3.05, 3.63) is 0 Å². The molecular weight excluding hydrogens is 601 g/mol. The fourth-order valence-corrected chi connectivity index (χ4v) is 5.55. The molecule has 3 atom stereocenters. The summed E-state index contributed by atoms with van der Waals surface area (Å²) in [5.74, 6) is -2.37. The third-order valence-electron chi connectivity index (χ3n) is 7.61. The average Bonchev–Trinajstić information content (AvgIpc) is 3.00. The Bertz CT molecular complexity index is 797. The largest absolute Gasteiger partial charge is 0.480 e. The predicted molar refractivity (Wildman–Crippen MR) is 176 cm³/mol. The number of carbonyl (C=O) groups excluding carboxylic acids is 2. The van der Waals surface area contributed by atoms with Crippen LogP contribution >= 0.6 is 7.82 Å². The number of carboxylic acids is 1. The molecule has 0 bridgehead atoms. The summed E-state index contributed by atoms with van der Waals surface area (Å²) in [5.41, 5.74) is 5.30. The summed E-state index contributed by atoms with van der Waals surface area (Å²) in [4.78, 5) is 45.5.